The van der Waals surface area contributed by atoms with Gasteiger partial charge < -0.3 is 10.5 Å². The lowest BCUT2D eigenvalue weighted by Gasteiger charge is -2.26. The van der Waals surface area contributed by atoms with E-state index in [0.717, 1.165) is 21.4 Å². The zero-order chi connectivity index (χ0) is 17.6. The van der Waals surface area contributed by atoms with Crippen molar-refractivity contribution in [2.45, 2.75) is 5.92 Å². The van der Waals surface area contributed by atoms with E-state index in [2.05, 4.69) is 0 Å². The molecule has 25 heavy (non-hydrogen) atoms. The van der Waals surface area contributed by atoms with Crippen LogP contribution in [0.2, 0.25) is 0 Å². The lowest BCUT2D eigenvalue weighted by Crippen LogP contribution is -2.25. The van der Waals surface area contributed by atoms with Crippen LogP contribution in [0.4, 0.5) is 4.39 Å². The second kappa shape index (κ2) is 5.72. The molecule has 4 nitrogen and oxygen atoms in total. The number of hydrogen-bond donors (Lipinski definition) is 1. The normalized spacial score (nSPS) is 16.2. The fraction of sp³-hybridized carbons (Fsp3) is 0.0526. The molecule has 0 saturated heterocycles. The minimum Gasteiger partial charge on any atom is -0.439 e. The van der Waals surface area contributed by atoms with Gasteiger partial charge in [-0.05, 0) is 29.8 Å². The van der Waals surface area contributed by atoms with Crippen molar-refractivity contribution in [1.29, 1.82) is 5.26 Å². The van der Waals surface area contributed by atoms with Crippen molar-refractivity contribution in [2.24, 2.45) is 5.73 Å². The minimum absolute atomic E-state index is 0.0648. The molecule has 0 spiro atoms. The Morgan fingerprint density at radius 3 is 2.76 bits per heavy atom. The number of fused-ring (bicyclic) bond motifs is 3. The van der Waals surface area contributed by atoms with Gasteiger partial charge >= 0.3 is 0 Å². The average molecular weight is 350 g/mol. The Hall–Kier alpha value is -3.17. The molecule has 2 N–H and O–H groups in total. The van der Waals surface area contributed by atoms with Gasteiger partial charge in [0.2, 0.25) is 10.6 Å². The van der Waals surface area contributed by atoms with Crippen LogP contribution in [-0.4, -0.2) is 0 Å². The third-order valence-electron chi connectivity index (χ3n) is 4.16. The predicted molar refractivity (Wildman–Crippen MR) is 93.8 cm³/mol. The highest BCUT2D eigenvalue weighted by molar-refractivity contribution is 7.16. The van der Waals surface area contributed by atoms with Crippen molar-refractivity contribution < 1.29 is 9.13 Å². The first kappa shape index (κ1) is 15.4. The summed E-state index contributed by atoms with van der Waals surface area (Å²) in [6.07, 6.45) is 0. The first-order valence-electron chi connectivity index (χ1n) is 7.49. The molecule has 0 amide bonds. The molecule has 1 aromatic heterocycles. The molecule has 2 aromatic carbocycles. The molecule has 0 radical (unpaired) electrons. The van der Waals surface area contributed by atoms with Crippen LogP contribution in [0, 0.1) is 17.1 Å². The van der Waals surface area contributed by atoms with Crippen molar-refractivity contribution in [3.05, 3.63) is 86.5 Å². The van der Waals surface area contributed by atoms with Crippen LogP contribution in [0.3, 0.4) is 0 Å². The van der Waals surface area contributed by atoms with E-state index in [9.17, 15) is 14.4 Å². The van der Waals surface area contributed by atoms with Crippen LogP contribution in [-0.2, 0) is 0 Å². The summed E-state index contributed by atoms with van der Waals surface area (Å²) in [5.41, 5.74) is 6.87. The summed E-state index contributed by atoms with van der Waals surface area (Å²) in [7, 11) is 0. The number of ether oxygens (including phenoxy) is 1. The summed E-state index contributed by atoms with van der Waals surface area (Å²) in [5.74, 6) is -0.925. The monoisotopic (exact) mass is 350 g/mol. The highest BCUT2D eigenvalue weighted by Crippen LogP contribution is 2.44. The van der Waals surface area contributed by atoms with Crippen molar-refractivity contribution >= 4 is 21.4 Å². The van der Waals surface area contributed by atoms with E-state index in [0.29, 0.717) is 16.9 Å². The van der Waals surface area contributed by atoms with Crippen LogP contribution in [0.15, 0.2) is 64.8 Å². The van der Waals surface area contributed by atoms with Crippen LogP contribution in [0.5, 0.6) is 5.75 Å². The summed E-state index contributed by atoms with van der Waals surface area (Å²) in [5, 5.41) is 10.3. The van der Waals surface area contributed by atoms with Gasteiger partial charge in [-0.2, -0.15) is 5.26 Å². The number of benzene rings is 2. The Bertz CT molecular complexity index is 1140. The smallest absolute Gasteiger partial charge is 0.240 e. The minimum atomic E-state index is -0.752. The number of hydrogen-bond acceptors (Lipinski definition) is 5. The molecule has 6 heteroatoms. The van der Waals surface area contributed by atoms with Gasteiger partial charge in [0, 0.05) is 10.1 Å². The predicted octanol–water partition coefficient (Wildman–Crippen LogP) is 3.62. The van der Waals surface area contributed by atoms with Crippen LogP contribution in [0.25, 0.3) is 10.1 Å². The SMILES string of the molecule is N#CC1=C(N)Oc2c(c(=O)sc3ccccc23)[C@@H]1c1cccc(F)c1. The van der Waals surface area contributed by atoms with Gasteiger partial charge in [0.05, 0.1) is 11.5 Å². The van der Waals surface area contributed by atoms with Gasteiger partial charge in [-0.25, -0.2) is 4.39 Å². The van der Waals surface area contributed by atoms with E-state index in [1.165, 1.54) is 12.1 Å². The Kier molecular flexibility index (Phi) is 3.52. The average Bonchev–Trinajstić information content (AvgIpc) is 2.60. The molecule has 0 fully saturated rings. The van der Waals surface area contributed by atoms with Crippen LogP contribution in [0.1, 0.15) is 17.0 Å². The second-order valence-corrected chi connectivity index (χ2v) is 6.62. The molecule has 122 valence electrons. The maximum atomic E-state index is 13.7. The maximum Gasteiger partial charge on any atom is 0.240 e. The molecule has 4 rings (SSSR count). The topological polar surface area (TPSA) is 76.1 Å². The van der Waals surface area contributed by atoms with Crippen molar-refractivity contribution in [2.75, 3.05) is 0 Å². The van der Waals surface area contributed by atoms with Gasteiger partial charge in [-0.3, -0.25) is 4.79 Å². The zero-order valence-corrected chi connectivity index (χ0v) is 13.6. The number of allylic oxidation sites excluding steroid dienone is 1. The molecule has 0 aliphatic carbocycles. The fourth-order valence-corrected chi connectivity index (χ4v) is 4.02. The van der Waals surface area contributed by atoms with Crippen LogP contribution >= 0.6 is 11.3 Å². The number of nitrogens with two attached hydrogens (primary N) is 1. The standard InChI is InChI=1S/C19H11FN2O2S/c20-11-5-3-4-10(8-11)15-13(9-21)18(22)24-17-12-6-1-2-7-14(12)25-19(23)16(15)17/h1-8,15H,22H2/t15-/m1/s1. The molecule has 0 unspecified atom stereocenters. The van der Waals surface area contributed by atoms with Gasteiger partial charge in [0.25, 0.3) is 0 Å². The van der Waals surface area contributed by atoms with E-state index in [1.807, 2.05) is 30.3 Å². The third-order valence-corrected chi connectivity index (χ3v) is 5.14. The van der Waals surface area contributed by atoms with Gasteiger partial charge in [0.15, 0.2) is 0 Å². The lowest BCUT2D eigenvalue weighted by atomic mass is 9.84. The molecule has 3 aromatic rings. The van der Waals surface area contributed by atoms with E-state index in [1.54, 1.807) is 12.1 Å². The summed E-state index contributed by atoms with van der Waals surface area (Å²) in [4.78, 5) is 12.8. The van der Waals surface area contributed by atoms with Crippen molar-refractivity contribution in [1.82, 2.24) is 0 Å². The van der Waals surface area contributed by atoms with Crippen molar-refractivity contribution in [3.63, 3.8) is 0 Å². The maximum absolute atomic E-state index is 13.7. The molecular formula is C19H11FN2O2S. The fourth-order valence-electron chi connectivity index (χ4n) is 3.09. The molecule has 1 aliphatic rings. The molecule has 1 atom stereocenters. The Labute approximate surface area is 146 Å². The number of nitrogens with zero attached hydrogens (tertiary/aromatic N) is 1. The van der Waals surface area contributed by atoms with E-state index in [-0.39, 0.29) is 16.2 Å². The lowest BCUT2D eigenvalue weighted by molar-refractivity contribution is 0.398. The van der Waals surface area contributed by atoms with Crippen LogP contribution < -0.4 is 15.2 Å². The second-order valence-electron chi connectivity index (χ2n) is 5.61. The first-order chi connectivity index (χ1) is 12.1. The van der Waals surface area contributed by atoms with Gasteiger partial charge in [-0.1, -0.05) is 35.6 Å². The number of rotatable bonds is 1. The molecule has 1 aliphatic heterocycles. The summed E-state index contributed by atoms with van der Waals surface area (Å²) in [6.45, 7) is 0. The summed E-state index contributed by atoms with van der Waals surface area (Å²) < 4.78 is 19.9. The summed E-state index contributed by atoms with van der Waals surface area (Å²) >= 11 is 1.07. The Balaban J connectivity index is 2.10. The van der Waals surface area contributed by atoms with Gasteiger partial charge in [-0.15, -0.1) is 0 Å². The number of halogens is 1. The quantitative estimate of drug-likeness (QED) is 0.727. The number of nitriles is 1. The van der Waals surface area contributed by atoms with E-state index < -0.39 is 11.7 Å². The molecule has 2 heterocycles. The van der Waals surface area contributed by atoms with Gasteiger partial charge in [0.1, 0.15) is 23.2 Å². The molecule has 0 bridgehead atoms. The molecule has 0 saturated carbocycles. The Morgan fingerprint density at radius 1 is 1.20 bits per heavy atom. The zero-order valence-electron chi connectivity index (χ0n) is 12.8. The Morgan fingerprint density at radius 2 is 2.00 bits per heavy atom. The highest BCUT2D eigenvalue weighted by atomic mass is 32.1. The largest absolute Gasteiger partial charge is 0.439 e. The van der Waals surface area contributed by atoms with Crippen molar-refractivity contribution in [3.8, 4) is 11.8 Å². The first-order valence-corrected chi connectivity index (χ1v) is 8.30. The van der Waals surface area contributed by atoms with E-state index >= 15 is 0 Å². The summed E-state index contributed by atoms with van der Waals surface area (Å²) in [6, 6.07) is 15.2. The third kappa shape index (κ3) is 2.37. The molecular weight excluding hydrogens is 339 g/mol. The van der Waals surface area contributed by atoms with E-state index in [4.69, 9.17) is 10.5 Å². The highest BCUT2D eigenvalue weighted by Gasteiger charge is 2.34.